The van der Waals surface area contributed by atoms with Crippen molar-refractivity contribution in [2.24, 2.45) is 17.3 Å². The van der Waals surface area contributed by atoms with E-state index in [0.717, 1.165) is 77.2 Å². The lowest BCUT2D eigenvalue weighted by Crippen LogP contribution is -2.51. The Hall–Kier alpha value is -2.84. The van der Waals surface area contributed by atoms with Crippen LogP contribution in [-0.2, 0) is 9.59 Å². The van der Waals surface area contributed by atoms with Gasteiger partial charge < -0.3 is 15.1 Å². The molecule has 0 radical (unpaired) electrons. The van der Waals surface area contributed by atoms with Gasteiger partial charge in [0, 0.05) is 43.5 Å². The first-order valence-electron chi connectivity index (χ1n) is 15.8. The number of fused-ring (bicyclic) bond motifs is 4. The zero-order chi connectivity index (χ0) is 29.2. The van der Waals surface area contributed by atoms with E-state index in [4.69, 9.17) is 5.11 Å². The Morgan fingerprint density at radius 2 is 1.78 bits per heavy atom. The molecule has 4 aliphatic rings. The van der Waals surface area contributed by atoms with Crippen molar-refractivity contribution in [1.29, 1.82) is 0 Å². The van der Waals surface area contributed by atoms with Gasteiger partial charge in [-0.2, -0.15) is 0 Å². The van der Waals surface area contributed by atoms with Gasteiger partial charge in [0.2, 0.25) is 0 Å². The van der Waals surface area contributed by atoms with Crippen LogP contribution in [0.15, 0.2) is 47.1 Å². The molecule has 1 aromatic rings. The Labute approximate surface area is 246 Å². The van der Waals surface area contributed by atoms with Crippen LogP contribution in [0.2, 0.25) is 0 Å². The maximum Gasteiger partial charge on any atom is 0.303 e. The number of carbonyl (C=O) groups excluding carboxylic acids is 1. The fraction of sp³-hybridized carbons (Fsp3) is 0.611. The molecule has 5 heteroatoms. The van der Waals surface area contributed by atoms with E-state index in [9.17, 15) is 14.7 Å². The molecule has 2 N–H and O–H groups in total. The van der Waals surface area contributed by atoms with Crippen LogP contribution in [0.4, 0.5) is 5.69 Å². The van der Waals surface area contributed by atoms with Gasteiger partial charge in [0.25, 0.3) is 0 Å². The monoisotopic (exact) mass is 557 g/mol. The van der Waals surface area contributed by atoms with Crippen LogP contribution in [0.5, 0.6) is 0 Å². The van der Waals surface area contributed by atoms with Crippen LogP contribution in [-0.4, -0.2) is 41.2 Å². The average molecular weight is 558 g/mol. The van der Waals surface area contributed by atoms with Crippen molar-refractivity contribution in [2.75, 3.05) is 18.5 Å². The first-order valence-corrected chi connectivity index (χ1v) is 15.8. The quantitative estimate of drug-likeness (QED) is 0.235. The number of hydrogen-bond acceptors (Lipinski definition) is 4. The van der Waals surface area contributed by atoms with Gasteiger partial charge in [0.1, 0.15) is 5.60 Å². The van der Waals surface area contributed by atoms with Crippen molar-refractivity contribution in [3.8, 4) is 11.8 Å². The Morgan fingerprint density at radius 3 is 2.51 bits per heavy atom. The van der Waals surface area contributed by atoms with E-state index in [1.165, 1.54) is 22.4 Å². The molecule has 0 aromatic heterocycles. The number of unbranched alkanes of at least 4 members (excludes halogenated alkanes) is 4. The number of benzene rings is 1. The van der Waals surface area contributed by atoms with E-state index in [0.29, 0.717) is 18.3 Å². The number of anilines is 1. The number of hydrogen-bond donors (Lipinski definition) is 2. The lowest BCUT2D eigenvalue weighted by molar-refractivity contribution is -0.137. The van der Waals surface area contributed by atoms with Crippen LogP contribution in [0.1, 0.15) is 109 Å². The van der Waals surface area contributed by atoms with Gasteiger partial charge in [-0.05, 0) is 105 Å². The van der Waals surface area contributed by atoms with Crippen molar-refractivity contribution in [2.45, 2.75) is 109 Å². The summed E-state index contributed by atoms with van der Waals surface area (Å²) in [5, 5.41) is 20.7. The van der Waals surface area contributed by atoms with Crippen LogP contribution >= 0.6 is 0 Å². The molecule has 0 bridgehead atoms. The van der Waals surface area contributed by atoms with Gasteiger partial charge in [-0.15, -0.1) is 5.92 Å². The smallest absolute Gasteiger partial charge is 0.303 e. The molecule has 0 heterocycles. The minimum atomic E-state index is -0.951. The maximum atomic E-state index is 12.3. The maximum absolute atomic E-state index is 12.3. The first-order chi connectivity index (χ1) is 19.7. The summed E-state index contributed by atoms with van der Waals surface area (Å²) in [6.45, 7) is 5.11. The third-order valence-corrected chi connectivity index (χ3v) is 10.8. The fourth-order valence-electron chi connectivity index (χ4n) is 8.62. The Balaban J connectivity index is 1.37. The molecule has 220 valence electrons. The molecular formula is C36H47NO4. The summed E-state index contributed by atoms with van der Waals surface area (Å²) >= 11 is 0. The Bertz CT molecular complexity index is 1280. The van der Waals surface area contributed by atoms with Gasteiger partial charge in [-0.1, -0.05) is 49.8 Å². The largest absolute Gasteiger partial charge is 0.481 e. The Morgan fingerprint density at radius 1 is 1.05 bits per heavy atom. The van der Waals surface area contributed by atoms with Crippen LogP contribution in [0.3, 0.4) is 0 Å². The first kappa shape index (κ1) is 29.6. The number of aliphatic carboxylic acids is 1. The number of nitrogens with zero attached hydrogens (tertiary/aromatic N) is 1. The average Bonchev–Trinajstić information content (AvgIpc) is 3.21. The molecule has 0 spiro atoms. The molecule has 41 heavy (non-hydrogen) atoms. The van der Waals surface area contributed by atoms with Gasteiger partial charge in [-0.25, -0.2) is 0 Å². The van der Waals surface area contributed by atoms with E-state index < -0.39 is 11.6 Å². The van der Waals surface area contributed by atoms with Crippen molar-refractivity contribution >= 4 is 17.4 Å². The minimum Gasteiger partial charge on any atom is -0.481 e. The molecule has 0 unspecified atom stereocenters. The van der Waals surface area contributed by atoms with E-state index >= 15 is 0 Å². The van der Waals surface area contributed by atoms with E-state index in [2.05, 4.69) is 55.0 Å². The van der Waals surface area contributed by atoms with Crippen molar-refractivity contribution < 1.29 is 19.8 Å². The van der Waals surface area contributed by atoms with Crippen molar-refractivity contribution in [3.63, 3.8) is 0 Å². The number of carboxylic acid groups (broad SMARTS) is 1. The number of rotatable bonds is 10. The molecule has 4 aliphatic carbocycles. The van der Waals surface area contributed by atoms with Crippen LogP contribution in [0.25, 0.3) is 0 Å². The molecule has 0 amide bonds. The number of ketones is 1. The molecule has 1 aromatic carbocycles. The molecule has 0 aliphatic heterocycles. The molecule has 5 rings (SSSR count). The summed E-state index contributed by atoms with van der Waals surface area (Å²) in [5.41, 5.74) is 5.56. The SMILES string of the molecule is CC#C[C@]1(O)CC[C@H]2[C@@H]3CCC4=CC(=O)CCC4=C3[C@@H](c3ccc(N(C)CCCCCCCC(=O)O)cc3)C[C@@]21C. The molecule has 2 saturated carbocycles. The Kier molecular flexibility index (Phi) is 8.81. The second kappa shape index (κ2) is 12.2. The normalized spacial score (nSPS) is 30.5. The summed E-state index contributed by atoms with van der Waals surface area (Å²) in [5.74, 6) is 6.95. The molecule has 5 nitrogen and oxygen atoms in total. The highest BCUT2D eigenvalue weighted by Crippen LogP contribution is 2.66. The molecule has 0 saturated heterocycles. The third-order valence-electron chi connectivity index (χ3n) is 10.8. The second-order valence-corrected chi connectivity index (χ2v) is 13.2. The topological polar surface area (TPSA) is 77.8 Å². The van der Waals surface area contributed by atoms with E-state index in [1.807, 2.05) is 13.0 Å². The van der Waals surface area contributed by atoms with E-state index in [-0.39, 0.29) is 23.5 Å². The summed E-state index contributed by atoms with van der Waals surface area (Å²) in [6, 6.07) is 9.07. The summed E-state index contributed by atoms with van der Waals surface area (Å²) in [4.78, 5) is 25.3. The van der Waals surface area contributed by atoms with Crippen LogP contribution < -0.4 is 4.90 Å². The summed E-state index contributed by atoms with van der Waals surface area (Å²) in [7, 11) is 2.14. The second-order valence-electron chi connectivity index (χ2n) is 13.2. The zero-order valence-corrected chi connectivity index (χ0v) is 25.2. The highest BCUT2D eigenvalue weighted by atomic mass is 16.4. The van der Waals surface area contributed by atoms with Gasteiger partial charge in [-0.3, -0.25) is 9.59 Å². The number of allylic oxidation sites excluding steroid dienone is 4. The van der Waals surface area contributed by atoms with Gasteiger partial charge in [0.05, 0.1) is 0 Å². The molecule has 2 fully saturated rings. The number of carboxylic acids is 1. The summed E-state index contributed by atoms with van der Waals surface area (Å²) in [6.07, 6.45) is 13.4. The third kappa shape index (κ3) is 5.78. The number of carbonyl (C=O) groups is 2. The lowest BCUT2D eigenvalue weighted by atomic mass is 9.51. The predicted octanol–water partition coefficient (Wildman–Crippen LogP) is 7.20. The predicted molar refractivity (Wildman–Crippen MR) is 164 cm³/mol. The minimum absolute atomic E-state index is 0.224. The lowest BCUT2D eigenvalue weighted by Gasteiger charge is -2.53. The van der Waals surface area contributed by atoms with Gasteiger partial charge >= 0.3 is 5.97 Å². The highest BCUT2D eigenvalue weighted by molar-refractivity contribution is 5.93. The highest BCUT2D eigenvalue weighted by Gasteiger charge is 2.62. The molecule has 5 atom stereocenters. The number of aliphatic hydroxyl groups is 1. The standard InChI is InChI=1S/C36H47NO4/c1-4-20-36(41)21-19-32-30-17-13-26-23-28(38)16-18-29(26)34(30)31(24-35(32,36)2)25-11-14-27(15-12-25)37(3)22-9-7-5-6-8-10-33(39)40/h11-12,14-15,23,30-32,41H,5-10,13,16-19,21-22,24H2,1-3H3,(H,39,40)/t30-,31+,32-,35-,36-/m0/s1. The van der Waals surface area contributed by atoms with Crippen LogP contribution in [0, 0.1) is 29.1 Å². The summed E-state index contributed by atoms with van der Waals surface area (Å²) < 4.78 is 0. The fourth-order valence-corrected chi connectivity index (χ4v) is 8.62. The zero-order valence-electron chi connectivity index (χ0n) is 25.2. The van der Waals surface area contributed by atoms with E-state index in [1.54, 1.807) is 5.57 Å². The van der Waals surface area contributed by atoms with Crippen molar-refractivity contribution in [3.05, 3.63) is 52.6 Å². The van der Waals surface area contributed by atoms with Crippen molar-refractivity contribution in [1.82, 2.24) is 0 Å². The molecular weight excluding hydrogens is 510 g/mol. The van der Waals surface area contributed by atoms with Gasteiger partial charge in [0.15, 0.2) is 5.78 Å².